The van der Waals surface area contributed by atoms with E-state index in [2.05, 4.69) is 18.6 Å². The zero-order valence-corrected chi connectivity index (χ0v) is 19.2. The molecule has 0 aliphatic carbocycles. The number of carbonyl (C=O) groups is 1. The van der Waals surface area contributed by atoms with E-state index >= 15 is 0 Å². The lowest BCUT2D eigenvalue weighted by atomic mass is 9.84. The van der Waals surface area contributed by atoms with Gasteiger partial charge in [0.2, 0.25) is 15.9 Å². The maximum atomic E-state index is 13.4. The first-order valence-electron chi connectivity index (χ1n) is 11.0. The van der Waals surface area contributed by atoms with Crippen molar-refractivity contribution in [1.82, 2.24) is 4.72 Å². The number of anilines is 1. The number of para-hydroxylation sites is 1. The van der Waals surface area contributed by atoms with Crippen LogP contribution in [0.25, 0.3) is 0 Å². The van der Waals surface area contributed by atoms with Crippen molar-refractivity contribution in [2.24, 2.45) is 0 Å². The summed E-state index contributed by atoms with van der Waals surface area (Å²) in [5.74, 6) is 0.719. The average molecular weight is 443 g/mol. The first kappa shape index (κ1) is 21.8. The highest BCUT2D eigenvalue weighted by atomic mass is 32.2. The summed E-state index contributed by atoms with van der Waals surface area (Å²) in [5, 5.41) is 0. The molecule has 2 aromatic rings. The van der Waals surface area contributed by atoms with Gasteiger partial charge in [-0.3, -0.25) is 4.79 Å². The molecule has 0 aromatic heterocycles. The van der Waals surface area contributed by atoms with Gasteiger partial charge in [0.1, 0.15) is 11.4 Å². The van der Waals surface area contributed by atoms with E-state index in [1.807, 2.05) is 24.3 Å². The second-order valence-electron chi connectivity index (χ2n) is 8.47. The van der Waals surface area contributed by atoms with E-state index in [4.69, 9.17) is 4.74 Å². The monoisotopic (exact) mass is 442 g/mol. The molecule has 0 radical (unpaired) electrons. The average Bonchev–Trinajstić information content (AvgIpc) is 2.77. The van der Waals surface area contributed by atoms with Crippen LogP contribution >= 0.6 is 0 Å². The van der Waals surface area contributed by atoms with E-state index < -0.39 is 10.0 Å². The summed E-state index contributed by atoms with van der Waals surface area (Å²) in [5.41, 5.74) is 2.18. The van der Waals surface area contributed by atoms with Crippen molar-refractivity contribution in [3.63, 3.8) is 0 Å². The lowest BCUT2D eigenvalue weighted by molar-refractivity contribution is -0.116. The van der Waals surface area contributed by atoms with Gasteiger partial charge in [-0.15, -0.1) is 0 Å². The Morgan fingerprint density at radius 3 is 2.65 bits per heavy atom. The number of sulfonamides is 1. The molecule has 7 heteroatoms. The minimum atomic E-state index is -3.75. The number of rotatable bonds is 5. The summed E-state index contributed by atoms with van der Waals surface area (Å²) in [4.78, 5) is 13.9. The molecule has 2 heterocycles. The van der Waals surface area contributed by atoms with Crippen molar-refractivity contribution < 1.29 is 17.9 Å². The van der Waals surface area contributed by atoms with Crippen LogP contribution in [-0.2, 0) is 21.2 Å². The van der Waals surface area contributed by atoms with Crippen molar-refractivity contribution >= 4 is 21.6 Å². The minimum absolute atomic E-state index is 0.0241. The largest absolute Gasteiger partial charge is 0.487 e. The van der Waals surface area contributed by atoms with Gasteiger partial charge in [-0.1, -0.05) is 32.0 Å². The van der Waals surface area contributed by atoms with Crippen LogP contribution in [0.15, 0.2) is 47.4 Å². The first-order chi connectivity index (χ1) is 14.8. The predicted molar refractivity (Wildman–Crippen MR) is 121 cm³/mol. The number of amides is 1. The molecule has 31 heavy (non-hydrogen) atoms. The number of ether oxygens (including phenoxy) is 1. The fourth-order valence-electron chi connectivity index (χ4n) is 4.73. The van der Waals surface area contributed by atoms with E-state index in [1.54, 1.807) is 23.1 Å². The van der Waals surface area contributed by atoms with E-state index in [-0.39, 0.29) is 22.4 Å². The maximum Gasteiger partial charge on any atom is 0.241 e. The van der Waals surface area contributed by atoms with Crippen LogP contribution in [0.5, 0.6) is 5.75 Å². The van der Waals surface area contributed by atoms with Crippen molar-refractivity contribution in [1.29, 1.82) is 0 Å². The summed E-state index contributed by atoms with van der Waals surface area (Å²) < 4.78 is 36.0. The SMILES string of the molecule is CCC1(CC)C[C@@H](NS(=O)(=O)c2ccc3c(c2)CCCN3C(C)=O)c2ccccc2O1. The van der Waals surface area contributed by atoms with E-state index in [1.165, 1.54) is 6.92 Å². The number of aryl methyl sites for hydroxylation is 1. The smallest absolute Gasteiger partial charge is 0.241 e. The van der Waals surface area contributed by atoms with E-state index in [0.717, 1.165) is 48.2 Å². The van der Waals surface area contributed by atoms with Crippen LogP contribution in [0.3, 0.4) is 0 Å². The Hall–Kier alpha value is -2.38. The van der Waals surface area contributed by atoms with Crippen LogP contribution in [0.1, 0.15) is 63.6 Å². The fraction of sp³-hybridized carbons (Fsp3) is 0.458. The van der Waals surface area contributed by atoms with Crippen molar-refractivity contribution in [3.8, 4) is 5.75 Å². The number of carbonyl (C=O) groups excluding carboxylic acids is 1. The number of fused-ring (bicyclic) bond motifs is 2. The second-order valence-corrected chi connectivity index (χ2v) is 10.2. The summed E-state index contributed by atoms with van der Waals surface area (Å²) in [6, 6.07) is 12.4. The highest BCUT2D eigenvalue weighted by Crippen LogP contribution is 2.43. The number of hydrogen-bond donors (Lipinski definition) is 1. The van der Waals surface area contributed by atoms with Crippen molar-refractivity contribution in [3.05, 3.63) is 53.6 Å². The molecule has 0 saturated carbocycles. The molecule has 0 fully saturated rings. The number of nitrogens with one attached hydrogen (secondary N) is 1. The molecular weight excluding hydrogens is 412 g/mol. The summed E-state index contributed by atoms with van der Waals surface area (Å²) in [6.45, 7) is 6.36. The van der Waals surface area contributed by atoms with Crippen LogP contribution in [-0.4, -0.2) is 26.5 Å². The van der Waals surface area contributed by atoms with Crippen LogP contribution < -0.4 is 14.4 Å². The Kier molecular flexibility index (Phi) is 5.83. The Labute approximate surface area is 184 Å². The molecule has 0 bridgehead atoms. The Balaban J connectivity index is 1.67. The van der Waals surface area contributed by atoms with Gasteiger partial charge in [-0.25, -0.2) is 13.1 Å². The van der Waals surface area contributed by atoms with Crippen LogP contribution in [0.4, 0.5) is 5.69 Å². The quantitative estimate of drug-likeness (QED) is 0.747. The van der Waals surface area contributed by atoms with Gasteiger partial charge in [-0.2, -0.15) is 0 Å². The fourth-order valence-corrected chi connectivity index (χ4v) is 6.00. The molecule has 0 spiro atoms. The lowest BCUT2D eigenvalue weighted by Gasteiger charge is -2.41. The molecule has 166 valence electrons. The first-order valence-corrected chi connectivity index (χ1v) is 12.5. The molecule has 2 aliphatic rings. The summed E-state index contributed by atoms with van der Waals surface area (Å²) in [7, 11) is -3.75. The molecular formula is C24H30N2O4S. The molecule has 2 aliphatic heterocycles. The molecule has 1 amide bonds. The minimum Gasteiger partial charge on any atom is -0.487 e. The standard InChI is InChI=1S/C24H30N2O4S/c1-4-24(5-2)16-21(20-10-6-7-11-23(20)30-24)25-31(28,29)19-12-13-22-18(15-19)9-8-14-26(22)17(3)27/h6-7,10-13,15,21,25H,4-5,8-9,14,16H2,1-3H3/t21-/m1/s1. The summed E-state index contributed by atoms with van der Waals surface area (Å²) >= 11 is 0. The van der Waals surface area contributed by atoms with Gasteiger partial charge < -0.3 is 9.64 Å². The van der Waals surface area contributed by atoms with Crippen molar-refractivity contribution in [2.45, 2.75) is 69.4 Å². The van der Waals surface area contributed by atoms with Gasteiger partial charge in [0, 0.05) is 31.1 Å². The Morgan fingerprint density at radius 2 is 1.94 bits per heavy atom. The maximum absolute atomic E-state index is 13.4. The lowest BCUT2D eigenvalue weighted by Crippen LogP contribution is -2.44. The topological polar surface area (TPSA) is 75.7 Å². The van der Waals surface area contributed by atoms with Crippen LogP contribution in [0, 0.1) is 0 Å². The van der Waals surface area contributed by atoms with Crippen LogP contribution in [0.2, 0.25) is 0 Å². The van der Waals surface area contributed by atoms with Gasteiger partial charge in [0.05, 0.1) is 10.9 Å². The molecule has 1 N–H and O–H groups in total. The third-order valence-electron chi connectivity index (χ3n) is 6.64. The highest BCUT2D eigenvalue weighted by Gasteiger charge is 2.40. The molecule has 4 rings (SSSR count). The second kappa shape index (κ2) is 8.28. The van der Waals surface area contributed by atoms with Gasteiger partial charge in [0.25, 0.3) is 0 Å². The number of hydrogen-bond acceptors (Lipinski definition) is 4. The Morgan fingerprint density at radius 1 is 1.19 bits per heavy atom. The van der Waals surface area contributed by atoms with Gasteiger partial charge in [-0.05, 0) is 55.5 Å². The molecule has 0 unspecified atom stereocenters. The zero-order chi connectivity index (χ0) is 22.2. The third kappa shape index (κ3) is 4.08. The zero-order valence-electron chi connectivity index (χ0n) is 18.3. The third-order valence-corrected chi connectivity index (χ3v) is 8.11. The summed E-state index contributed by atoms with van der Waals surface area (Å²) in [6.07, 6.45) is 3.77. The predicted octanol–water partition coefficient (Wildman–Crippen LogP) is 4.35. The van der Waals surface area contributed by atoms with Gasteiger partial charge >= 0.3 is 0 Å². The van der Waals surface area contributed by atoms with Crippen molar-refractivity contribution in [2.75, 3.05) is 11.4 Å². The molecule has 2 aromatic carbocycles. The van der Waals surface area contributed by atoms with Gasteiger partial charge in [0.15, 0.2) is 0 Å². The number of nitrogens with zero attached hydrogens (tertiary/aromatic N) is 1. The molecule has 6 nitrogen and oxygen atoms in total. The van der Waals surface area contributed by atoms with E-state index in [0.29, 0.717) is 13.0 Å². The molecule has 1 atom stereocenters. The normalized spacial score (nSPS) is 19.8. The van der Waals surface area contributed by atoms with E-state index in [9.17, 15) is 13.2 Å². The number of benzene rings is 2. The molecule has 0 saturated heterocycles. The highest BCUT2D eigenvalue weighted by molar-refractivity contribution is 7.89. The Bertz CT molecular complexity index is 1090.